The lowest BCUT2D eigenvalue weighted by Gasteiger charge is -2.13. The highest BCUT2D eigenvalue weighted by Crippen LogP contribution is 2.28. The summed E-state index contributed by atoms with van der Waals surface area (Å²) in [6.07, 6.45) is 1.28. The molecule has 5 nitrogen and oxygen atoms in total. The summed E-state index contributed by atoms with van der Waals surface area (Å²) in [5.41, 5.74) is 0.145. The predicted octanol–water partition coefficient (Wildman–Crippen LogP) is 3.07. The summed E-state index contributed by atoms with van der Waals surface area (Å²) in [5.74, 6) is -0.408. The fraction of sp³-hybridized carbons (Fsp3) is 0.154. The fourth-order valence-corrected chi connectivity index (χ4v) is 2.93. The number of nitrogens with one attached hydrogen (secondary N) is 1. The minimum absolute atomic E-state index is 0.0470. The van der Waals surface area contributed by atoms with Gasteiger partial charge in [0.25, 0.3) is 10.0 Å². The van der Waals surface area contributed by atoms with E-state index in [0.717, 1.165) is 12.1 Å². The van der Waals surface area contributed by atoms with Gasteiger partial charge in [0.2, 0.25) is 0 Å². The molecule has 1 aromatic heterocycles. The number of sulfonamides is 1. The standard InChI is InChI=1S/C13H12ClFN2O3S/c1-2-20-12-7-9(15)3-4-11(12)17-21(18,19)10-5-6-16-13(14)8-10/h3-8,17H,2H2,1H3. The number of rotatable bonds is 5. The molecule has 2 rings (SSSR count). The number of aromatic nitrogens is 1. The Kier molecular flexibility index (Phi) is 4.64. The van der Waals surface area contributed by atoms with Crippen LogP contribution in [-0.4, -0.2) is 20.0 Å². The number of anilines is 1. The normalized spacial score (nSPS) is 11.2. The number of benzene rings is 1. The first kappa shape index (κ1) is 15.5. The zero-order valence-corrected chi connectivity index (χ0v) is 12.6. The van der Waals surface area contributed by atoms with E-state index in [2.05, 4.69) is 9.71 Å². The molecule has 0 amide bonds. The zero-order valence-electron chi connectivity index (χ0n) is 11.0. The van der Waals surface area contributed by atoms with Gasteiger partial charge in [-0.05, 0) is 31.2 Å². The van der Waals surface area contributed by atoms with Crippen LogP contribution in [0.2, 0.25) is 5.15 Å². The zero-order chi connectivity index (χ0) is 15.5. The Labute approximate surface area is 126 Å². The Morgan fingerprint density at radius 1 is 1.33 bits per heavy atom. The van der Waals surface area contributed by atoms with E-state index in [1.54, 1.807) is 6.92 Å². The van der Waals surface area contributed by atoms with E-state index in [1.807, 2.05) is 0 Å². The predicted molar refractivity (Wildman–Crippen MR) is 77.6 cm³/mol. The fourth-order valence-electron chi connectivity index (χ4n) is 1.61. The molecule has 1 N–H and O–H groups in total. The molecule has 0 bridgehead atoms. The molecule has 0 atom stereocenters. The van der Waals surface area contributed by atoms with Crippen molar-refractivity contribution < 1.29 is 17.5 Å². The molecule has 8 heteroatoms. The molecular formula is C13H12ClFN2O3S. The van der Waals surface area contributed by atoms with Crippen LogP contribution in [0, 0.1) is 5.82 Å². The van der Waals surface area contributed by atoms with Crippen LogP contribution in [0.15, 0.2) is 41.4 Å². The third kappa shape index (κ3) is 3.83. The van der Waals surface area contributed by atoms with Crippen LogP contribution in [-0.2, 0) is 10.0 Å². The van der Waals surface area contributed by atoms with E-state index < -0.39 is 15.8 Å². The van der Waals surface area contributed by atoms with Gasteiger partial charge >= 0.3 is 0 Å². The quantitative estimate of drug-likeness (QED) is 0.855. The van der Waals surface area contributed by atoms with Crippen LogP contribution < -0.4 is 9.46 Å². The molecule has 0 aliphatic rings. The lowest BCUT2D eigenvalue weighted by Crippen LogP contribution is -2.14. The molecule has 2 aromatic rings. The van der Waals surface area contributed by atoms with Crippen LogP contribution in [0.25, 0.3) is 0 Å². The minimum Gasteiger partial charge on any atom is -0.492 e. The Hall–Kier alpha value is -1.86. The molecule has 0 saturated heterocycles. The molecular weight excluding hydrogens is 319 g/mol. The lowest BCUT2D eigenvalue weighted by atomic mass is 10.3. The van der Waals surface area contributed by atoms with Crippen molar-refractivity contribution in [2.45, 2.75) is 11.8 Å². The van der Waals surface area contributed by atoms with E-state index in [1.165, 1.54) is 24.4 Å². The highest BCUT2D eigenvalue weighted by atomic mass is 35.5. The molecule has 0 aliphatic carbocycles. The number of ether oxygens (including phenoxy) is 1. The van der Waals surface area contributed by atoms with Crippen LogP contribution >= 0.6 is 11.6 Å². The summed E-state index contributed by atoms with van der Waals surface area (Å²) >= 11 is 5.68. The SMILES string of the molecule is CCOc1cc(F)ccc1NS(=O)(=O)c1ccnc(Cl)c1. The van der Waals surface area contributed by atoms with E-state index in [9.17, 15) is 12.8 Å². The smallest absolute Gasteiger partial charge is 0.262 e. The first-order valence-electron chi connectivity index (χ1n) is 5.99. The van der Waals surface area contributed by atoms with Gasteiger partial charge in [-0.25, -0.2) is 17.8 Å². The maximum absolute atomic E-state index is 13.2. The third-order valence-corrected chi connectivity index (χ3v) is 4.07. The Morgan fingerprint density at radius 2 is 2.10 bits per heavy atom. The van der Waals surface area contributed by atoms with Crippen molar-refractivity contribution in [3.63, 3.8) is 0 Å². The second kappa shape index (κ2) is 6.28. The van der Waals surface area contributed by atoms with Crippen molar-refractivity contribution in [3.05, 3.63) is 47.5 Å². The first-order valence-corrected chi connectivity index (χ1v) is 7.85. The topological polar surface area (TPSA) is 68.3 Å². The van der Waals surface area contributed by atoms with Gasteiger partial charge in [0, 0.05) is 12.3 Å². The average molecular weight is 331 g/mol. The first-order chi connectivity index (χ1) is 9.92. The molecule has 21 heavy (non-hydrogen) atoms. The van der Waals surface area contributed by atoms with Crippen molar-refractivity contribution in [1.29, 1.82) is 0 Å². The van der Waals surface area contributed by atoms with Gasteiger partial charge in [-0.3, -0.25) is 4.72 Å². The van der Waals surface area contributed by atoms with Crippen molar-refractivity contribution in [2.24, 2.45) is 0 Å². The van der Waals surface area contributed by atoms with Gasteiger partial charge in [-0.2, -0.15) is 0 Å². The lowest BCUT2D eigenvalue weighted by molar-refractivity contribution is 0.340. The van der Waals surface area contributed by atoms with E-state index in [4.69, 9.17) is 16.3 Å². The van der Waals surface area contributed by atoms with Crippen molar-refractivity contribution in [1.82, 2.24) is 4.98 Å². The second-order valence-corrected chi connectivity index (χ2v) is 6.06. The minimum atomic E-state index is -3.87. The maximum Gasteiger partial charge on any atom is 0.262 e. The van der Waals surface area contributed by atoms with Gasteiger partial charge in [-0.15, -0.1) is 0 Å². The third-order valence-electron chi connectivity index (χ3n) is 2.50. The summed E-state index contributed by atoms with van der Waals surface area (Å²) in [5, 5.41) is 0.0574. The average Bonchev–Trinajstić information content (AvgIpc) is 2.42. The number of pyridine rings is 1. The van der Waals surface area contributed by atoms with Crippen molar-refractivity contribution >= 4 is 27.3 Å². The summed E-state index contributed by atoms with van der Waals surface area (Å²) in [4.78, 5) is 3.67. The number of hydrogen-bond acceptors (Lipinski definition) is 4. The highest BCUT2D eigenvalue weighted by molar-refractivity contribution is 7.92. The van der Waals surface area contributed by atoms with Crippen LogP contribution in [0.4, 0.5) is 10.1 Å². The number of nitrogens with zero attached hydrogens (tertiary/aromatic N) is 1. The van der Waals surface area contributed by atoms with Gasteiger partial charge in [-0.1, -0.05) is 11.6 Å². The summed E-state index contributed by atoms with van der Waals surface area (Å²) < 4.78 is 45.2. The van der Waals surface area contributed by atoms with Crippen molar-refractivity contribution in [2.75, 3.05) is 11.3 Å². The maximum atomic E-state index is 13.2. The molecule has 1 aromatic carbocycles. The molecule has 0 unspecified atom stereocenters. The van der Waals surface area contributed by atoms with E-state index in [-0.39, 0.29) is 28.1 Å². The molecule has 1 heterocycles. The summed E-state index contributed by atoms with van der Waals surface area (Å²) in [7, 11) is -3.87. The number of hydrogen-bond donors (Lipinski definition) is 1. The molecule has 0 aliphatic heterocycles. The molecule has 0 saturated carbocycles. The van der Waals surface area contributed by atoms with E-state index >= 15 is 0 Å². The van der Waals surface area contributed by atoms with Crippen LogP contribution in [0.5, 0.6) is 5.75 Å². The second-order valence-electron chi connectivity index (χ2n) is 3.99. The van der Waals surface area contributed by atoms with Gasteiger partial charge < -0.3 is 4.74 Å². The van der Waals surface area contributed by atoms with Gasteiger partial charge in [0.05, 0.1) is 17.2 Å². The Bertz CT molecular complexity index is 753. The summed E-state index contributed by atoms with van der Waals surface area (Å²) in [6.45, 7) is 1.99. The van der Waals surface area contributed by atoms with Crippen LogP contribution in [0.3, 0.4) is 0 Å². The van der Waals surface area contributed by atoms with Gasteiger partial charge in [0.15, 0.2) is 0 Å². The molecule has 0 radical (unpaired) electrons. The van der Waals surface area contributed by atoms with Crippen molar-refractivity contribution in [3.8, 4) is 5.75 Å². The van der Waals surface area contributed by atoms with E-state index in [0.29, 0.717) is 0 Å². The monoisotopic (exact) mass is 330 g/mol. The molecule has 112 valence electrons. The number of halogens is 2. The van der Waals surface area contributed by atoms with Gasteiger partial charge in [0.1, 0.15) is 16.7 Å². The largest absolute Gasteiger partial charge is 0.492 e. The van der Waals surface area contributed by atoms with Crippen LogP contribution in [0.1, 0.15) is 6.92 Å². The highest BCUT2D eigenvalue weighted by Gasteiger charge is 2.17. The summed E-state index contributed by atoms with van der Waals surface area (Å²) in [6, 6.07) is 6.06. The molecule has 0 spiro atoms. The Morgan fingerprint density at radius 3 is 2.76 bits per heavy atom. The Balaban J connectivity index is 2.37. The molecule has 0 fully saturated rings.